The lowest BCUT2D eigenvalue weighted by Crippen LogP contribution is -2.12. The predicted molar refractivity (Wildman–Crippen MR) is 95.0 cm³/mol. The summed E-state index contributed by atoms with van der Waals surface area (Å²) in [6.45, 7) is 3.33. The second-order valence-corrected chi connectivity index (χ2v) is 6.37. The highest BCUT2D eigenvalue weighted by molar-refractivity contribution is 9.10. The number of fused-ring (bicyclic) bond motifs is 1. The van der Waals surface area contributed by atoms with Gasteiger partial charge in [-0.05, 0) is 42.8 Å². The summed E-state index contributed by atoms with van der Waals surface area (Å²) in [6.07, 6.45) is 1.44. The van der Waals surface area contributed by atoms with Crippen LogP contribution < -0.4 is 5.32 Å². The van der Waals surface area contributed by atoms with Crippen LogP contribution in [0.15, 0.2) is 47.1 Å². The van der Waals surface area contributed by atoms with Gasteiger partial charge < -0.3 is 5.32 Å². The third kappa shape index (κ3) is 2.97. The van der Waals surface area contributed by atoms with E-state index in [4.69, 9.17) is 0 Å². The fourth-order valence-corrected chi connectivity index (χ4v) is 2.89. The van der Waals surface area contributed by atoms with Crippen molar-refractivity contribution < 1.29 is 14.0 Å². The SMILES string of the molecule is CC(=O)n1cc(C(=O)Nc2ccc(C)c(Br)c2)c2cc(F)ccc21. The van der Waals surface area contributed by atoms with Gasteiger partial charge in [-0.1, -0.05) is 22.0 Å². The van der Waals surface area contributed by atoms with Crippen molar-refractivity contribution in [2.24, 2.45) is 0 Å². The Morgan fingerprint density at radius 3 is 2.58 bits per heavy atom. The average molecular weight is 389 g/mol. The van der Waals surface area contributed by atoms with E-state index in [1.54, 1.807) is 12.1 Å². The third-order valence-electron chi connectivity index (χ3n) is 3.78. The largest absolute Gasteiger partial charge is 0.322 e. The van der Waals surface area contributed by atoms with Crippen LogP contribution in [0.4, 0.5) is 10.1 Å². The van der Waals surface area contributed by atoms with Crippen LogP contribution in [0, 0.1) is 12.7 Å². The Balaban J connectivity index is 2.04. The molecule has 1 heterocycles. The van der Waals surface area contributed by atoms with Crippen LogP contribution in [0.1, 0.15) is 27.6 Å². The quantitative estimate of drug-likeness (QED) is 0.687. The molecule has 0 fully saturated rings. The molecule has 4 nitrogen and oxygen atoms in total. The molecule has 122 valence electrons. The van der Waals surface area contributed by atoms with Crippen molar-refractivity contribution in [2.45, 2.75) is 13.8 Å². The van der Waals surface area contributed by atoms with E-state index in [-0.39, 0.29) is 11.5 Å². The molecule has 1 aromatic heterocycles. The van der Waals surface area contributed by atoms with E-state index in [9.17, 15) is 14.0 Å². The van der Waals surface area contributed by atoms with E-state index < -0.39 is 11.7 Å². The van der Waals surface area contributed by atoms with E-state index >= 15 is 0 Å². The first kappa shape index (κ1) is 16.4. The topological polar surface area (TPSA) is 51.1 Å². The van der Waals surface area contributed by atoms with Gasteiger partial charge in [-0.15, -0.1) is 0 Å². The molecule has 0 radical (unpaired) electrons. The summed E-state index contributed by atoms with van der Waals surface area (Å²) >= 11 is 3.42. The number of rotatable bonds is 2. The van der Waals surface area contributed by atoms with E-state index in [1.807, 2.05) is 13.0 Å². The number of hydrogen-bond donors (Lipinski definition) is 1. The van der Waals surface area contributed by atoms with Crippen LogP contribution in [0.25, 0.3) is 10.9 Å². The highest BCUT2D eigenvalue weighted by Gasteiger charge is 2.17. The zero-order valence-corrected chi connectivity index (χ0v) is 14.6. The molecule has 1 N–H and O–H groups in total. The van der Waals surface area contributed by atoms with Crippen molar-refractivity contribution in [3.05, 3.63) is 64.0 Å². The van der Waals surface area contributed by atoms with Gasteiger partial charge in [0.25, 0.3) is 5.91 Å². The smallest absolute Gasteiger partial charge is 0.257 e. The lowest BCUT2D eigenvalue weighted by Gasteiger charge is -2.06. The van der Waals surface area contributed by atoms with Gasteiger partial charge in [0.05, 0.1) is 11.1 Å². The molecule has 3 rings (SSSR count). The summed E-state index contributed by atoms with van der Waals surface area (Å²) in [6, 6.07) is 9.46. The second kappa shape index (κ2) is 6.20. The van der Waals surface area contributed by atoms with Crippen LogP contribution in [0.5, 0.6) is 0 Å². The number of anilines is 1. The number of hydrogen-bond acceptors (Lipinski definition) is 2. The van der Waals surface area contributed by atoms with Gasteiger partial charge in [0.2, 0.25) is 5.91 Å². The molecule has 0 aliphatic rings. The normalized spacial score (nSPS) is 10.8. The molecule has 6 heteroatoms. The first-order chi connectivity index (χ1) is 11.4. The Kier molecular flexibility index (Phi) is 4.24. The van der Waals surface area contributed by atoms with Crippen LogP contribution in [0.3, 0.4) is 0 Å². The van der Waals surface area contributed by atoms with Crippen molar-refractivity contribution in [3.8, 4) is 0 Å². The number of aryl methyl sites for hydroxylation is 1. The standard InChI is InChI=1S/C18H14BrFN2O2/c1-10-3-5-13(8-16(10)19)21-18(24)15-9-22(11(2)23)17-6-4-12(20)7-14(15)17/h3-9H,1-2H3,(H,21,24). The Labute approximate surface area is 146 Å². The van der Waals surface area contributed by atoms with E-state index in [2.05, 4.69) is 21.2 Å². The minimum Gasteiger partial charge on any atom is -0.322 e. The first-order valence-electron chi connectivity index (χ1n) is 7.26. The molecule has 24 heavy (non-hydrogen) atoms. The van der Waals surface area contributed by atoms with E-state index in [1.165, 1.54) is 35.9 Å². The fourth-order valence-electron chi connectivity index (χ4n) is 2.51. The van der Waals surface area contributed by atoms with Crippen molar-refractivity contribution in [2.75, 3.05) is 5.32 Å². The van der Waals surface area contributed by atoms with Gasteiger partial charge >= 0.3 is 0 Å². The monoisotopic (exact) mass is 388 g/mol. The van der Waals surface area contributed by atoms with Crippen LogP contribution in [-0.4, -0.2) is 16.4 Å². The molecule has 0 aliphatic heterocycles. The number of benzene rings is 2. The summed E-state index contributed by atoms with van der Waals surface area (Å²) < 4.78 is 15.8. The maximum Gasteiger partial charge on any atom is 0.257 e. The summed E-state index contributed by atoms with van der Waals surface area (Å²) in [7, 11) is 0. The maximum atomic E-state index is 13.6. The van der Waals surface area contributed by atoms with E-state index in [0.717, 1.165) is 10.0 Å². The van der Waals surface area contributed by atoms with Gasteiger partial charge in [0.15, 0.2) is 0 Å². The molecule has 0 unspecified atom stereocenters. The summed E-state index contributed by atoms with van der Waals surface area (Å²) in [5.74, 6) is -1.11. The Hall–Kier alpha value is -2.47. The van der Waals surface area contributed by atoms with Gasteiger partial charge in [-0.25, -0.2) is 4.39 Å². The number of halogens is 2. The number of carbonyl (C=O) groups is 2. The fraction of sp³-hybridized carbons (Fsp3) is 0.111. The minimum atomic E-state index is -0.462. The van der Waals surface area contributed by atoms with Gasteiger partial charge in [0, 0.05) is 28.7 Å². The Bertz CT molecular complexity index is 979. The Morgan fingerprint density at radius 1 is 1.17 bits per heavy atom. The number of aromatic nitrogens is 1. The average Bonchev–Trinajstić information content (AvgIpc) is 2.90. The molecule has 1 amide bonds. The van der Waals surface area contributed by atoms with Crippen molar-refractivity contribution in [1.82, 2.24) is 4.57 Å². The van der Waals surface area contributed by atoms with Crippen LogP contribution in [-0.2, 0) is 0 Å². The van der Waals surface area contributed by atoms with Gasteiger partial charge in [-0.2, -0.15) is 0 Å². The lowest BCUT2D eigenvalue weighted by molar-refractivity contribution is 0.0941. The Morgan fingerprint density at radius 2 is 1.92 bits per heavy atom. The maximum absolute atomic E-state index is 13.6. The van der Waals surface area contributed by atoms with Crippen molar-refractivity contribution in [3.63, 3.8) is 0 Å². The van der Waals surface area contributed by atoms with Crippen molar-refractivity contribution >= 4 is 44.3 Å². The summed E-state index contributed by atoms with van der Waals surface area (Å²) in [5.41, 5.74) is 2.40. The number of nitrogens with zero attached hydrogens (tertiary/aromatic N) is 1. The molecule has 0 bridgehead atoms. The molecule has 0 saturated carbocycles. The molecule has 0 saturated heterocycles. The van der Waals surface area contributed by atoms with Crippen molar-refractivity contribution in [1.29, 1.82) is 0 Å². The summed E-state index contributed by atoms with van der Waals surface area (Å²) in [5, 5.41) is 3.17. The van der Waals surface area contributed by atoms with Crippen LogP contribution >= 0.6 is 15.9 Å². The highest BCUT2D eigenvalue weighted by atomic mass is 79.9. The minimum absolute atomic E-state index is 0.247. The molecule has 3 aromatic rings. The van der Waals surface area contributed by atoms with E-state index in [0.29, 0.717) is 16.6 Å². The highest BCUT2D eigenvalue weighted by Crippen LogP contribution is 2.25. The van der Waals surface area contributed by atoms with Crippen LogP contribution in [0.2, 0.25) is 0 Å². The molecule has 2 aromatic carbocycles. The number of amides is 1. The van der Waals surface area contributed by atoms with Gasteiger partial charge in [0.1, 0.15) is 5.82 Å². The number of nitrogens with one attached hydrogen (secondary N) is 1. The van der Waals surface area contributed by atoms with Gasteiger partial charge in [-0.3, -0.25) is 14.2 Å². The zero-order valence-electron chi connectivity index (χ0n) is 13.1. The lowest BCUT2D eigenvalue weighted by atomic mass is 10.1. The second-order valence-electron chi connectivity index (χ2n) is 5.51. The zero-order chi connectivity index (χ0) is 17.4. The molecule has 0 spiro atoms. The molecular weight excluding hydrogens is 375 g/mol. The molecule has 0 atom stereocenters. The first-order valence-corrected chi connectivity index (χ1v) is 8.05. The summed E-state index contributed by atoms with van der Waals surface area (Å²) in [4.78, 5) is 24.3. The third-order valence-corrected chi connectivity index (χ3v) is 4.63. The molecular formula is C18H14BrFN2O2. The molecule has 0 aliphatic carbocycles. The predicted octanol–water partition coefficient (Wildman–Crippen LogP) is 4.76. The number of carbonyl (C=O) groups excluding carboxylic acids is 2.